The van der Waals surface area contributed by atoms with Crippen molar-refractivity contribution in [3.63, 3.8) is 0 Å². The van der Waals surface area contributed by atoms with E-state index < -0.39 is 29.6 Å². The first-order valence-electron chi connectivity index (χ1n) is 8.82. The molecule has 1 aromatic heterocycles. The summed E-state index contributed by atoms with van der Waals surface area (Å²) in [6, 6.07) is 1.63. The summed E-state index contributed by atoms with van der Waals surface area (Å²) in [5.41, 5.74) is -0.336. The molecule has 8 heteroatoms. The number of rotatable bonds is 1. The number of carbonyl (C=O) groups excluding carboxylic acids is 4. The number of hydrogen-bond donors (Lipinski definition) is 0. The first-order valence-corrected chi connectivity index (χ1v) is 8.82. The van der Waals surface area contributed by atoms with E-state index in [0.717, 1.165) is 0 Å². The van der Waals surface area contributed by atoms with Crippen molar-refractivity contribution < 1.29 is 33.4 Å². The molecular weight excluding hydrogens is 366 g/mol. The van der Waals surface area contributed by atoms with Crippen molar-refractivity contribution in [3.8, 4) is 0 Å². The van der Waals surface area contributed by atoms with Crippen LogP contribution in [0.3, 0.4) is 0 Å². The van der Waals surface area contributed by atoms with Gasteiger partial charge in [-0.25, -0.2) is 9.59 Å². The molecule has 8 nitrogen and oxygen atoms in total. The van der Waals surface area contributed by atoms with Crippen molar-refractivity contribution in [1.82, 2.24) is 4.57 Å². The molecule has 0 N–H and O–H groups in total. The zero-order valence-electron chi connectivity index (χ0n) is 15.9. The van der Waals surface area contributed by atoms with Crippen LogP contribution in [0.25, 0.3) is 0 Å². The molecule has 0 fully saturated rings. The Morgan fingerprint density at radius 2 is 2.11 bits per heavy atom. The summed E-state index contributed by atoms with van der Waals surface area (Å²) in [6.45, 7) is 7.87. The van der Waals surface area contributed by atoms with Crippen molar-refractivity contribution >= 4 is 23.8 Å². The topological polar surface area (TPSA) is 101 Å². The lowest BCUT2D eigenvalue weighted by Gasteiger charge is -2.30. The molecule has 0 unspecified atom stereocenters. The second-order valence-electron chi connectivity index (χ2n) is 6.89. The molecule has 28 heavy (non-hydrogen) atoms. The second kappa shape index (κ2) is 7.10. The smallest absolute Gasteiger partial charge is 0.355 e. The van der Waals surface area contributed by atoms with Crippen LogP contribution in [-0.2, 0) is 35.2 Å². The molecular formula is C20H21NO7. The van der Waals surface area contributed by atoms with Crippen LogP contribution >= 0.6 is 0 Å². The average molecular weight is 387 g/mol. The molecule has 1 aromatic rings. The summed E-state index contributed by atoms with van der Waals surface area (Å²) in [5.74, 6) is -2.33. The third-order valence-corrected chi connectivity index (χ3v) is 4.98. The van der Waals surface area contributed by atoms with Crippen LogP contribution in [0.4, 0.5) is 0 Å². The van der Waals surface area contributed by atoms with E-state index in [1.54, 1.807) is 19.2 Å². The Kier molecular flexibility index (Phi) is 4.97. The molecule has 0 radical (unpaired) electrons. The normalized spacial score (nSPS) is 26.8. The quantitative estimate of drug-likeness (QED) is 0.316. The van der Waals surface area contributed by atoms with Crippen LogP contribution in [0.2, 0.25) is 0 Å². The van der Waals surface area contributed by atoms with E-state index in [-0.39, 0.29) is 36.5 Å². The van der Waals surface area contributed by atoms with Gasteiger partial charge in [0.2, 0.25) is 11.5 Å². The lowest BCUT2D eigenvalue weighted by Crippen LogP contribution is -2.43. The number of aromatic nitrogens is 1. The summed E-state index contributed by atoms with van der Waals surface area (Å²) < 4.78 is 17.6. The van der Waals surface area contributed by atoms with E-state index in [1.165, 1.54) is 24.5 Å². The Labute approximate surface area is 161 Å². The zero-order chi connectivity index (χ0) is 20.6. The van der Waals surface area contributed by atoms with Crippen molar-refractivity contribution in [1.29, 1.82) is 0 Å². The average Bonchev–Trinajstić information content (AvgIpc) is 3.17. The molecule has 2 aliphatic heterocycles. The van der Waals surface area contributed by atoms with Crippen LogP contribution in [0, 0.1) is 0 Å². The monoisotopic (exact) mass is 387 g/mol. The standard InChI is InChI=1S/C20H21NO7/c1-5-13-8-11(2)20(4,28-12(3)22)19(25)26-10-14-6-7-21-16(23)9-15(17(14)21)27-18(13)24/h5-7,15H,2,8-10H2,1,3-4H3/b13-5-/t15-,20+/m1/s1. The number of esters is 3. The van der Waals surface area contributed by atoms with Crippen LogP contribution in [0.15, 0.2) is 36.1 Å². The fourth-order valence-electron chi connectivity index (χ4n) is 3.36. The number of ether oxygens (including phenoxy) is 3. The van der Waals surface area contributed by atoms with Gasteiger partial charge in [0.15, 0.2) is 6.10 Å². The van der Waals surface area contributed by atoms with Crippen LogP contribution in [0.5, 0.6) is 0 Å². The Morgan fingerprint density at radius 3 is 2.75 bits per heavy atom. The molecule has 0 aliphatic carbocycles. The SMILES string of the molecule is C=C1C/C(=C/C)C(=O)O[C@@H]2CC(=O)n3ccc(c32)COC(=O)[C@@]1(C)OC(C)=O. The van der Waals surface area contributed by atoms with Crippen LogP contribution < -0.4 is 0 Å². The van der Waals surface area contributed by atoms with Gasteiger partial charge >= 0.3 is 17.9 Å². The van der Waals surface area contributed by atoms with Crippen LogP contribution in [0.1, 0.15) is 55.8 Å². The Hall–Kier alpha value is -3.16. The lowest BCUT2D eigenvalue weighted by molar-refractivity contribution is -0.176. The van der Waals surface area contributed by atoms with Gasteiger partial charge in [0.25, 0.3) is 0 Å². The Balaban J connectivity index is 2.05. The summed E-state index contributed by atoms with van der Waals surface area (Å²) >= 11 is 0. The Bertz CT molecular complexity index is 923. The molecule has 0 spiro atoms. The van der Waals surface area contributed by atoms with E-state index in [9.17, 15) is 19.2 Å². The number of allylic oxidation sites excluding steroid dienone is 1. The highest BCUT2D eigenvalue weighted by molar-refractivity contribution is 5.92. The number of nitrogens with zero attached hydrogens (tertiary/aromatic N) is 1. The summed E-state index contributed by atoms with van der Waals surface area (Å²) in [7, 11) is 0. The molecule has 0 amide bonds. The van der Waals surface area contributed by atoms with E-state index in [0.29, 0.717) is 11.3 Å². The minimum absolute atomic E-state index is 0.0198. The highest BCUT2D eigenvalue weighted by Crippen LogP contribution is 2.36. The third kappa shape index (κ3) is 3.26. The van der Waals surface area contributed by atoms with Gasteiger partial charge in [-0.1, -0.05) is 12.7 Å². The van der Waals surface area contributed by atoms with Crippen molar-refractivity contribution in [2.75, 3.05) is 0 Å². The predicted octanol–water partition coefficient (Wildman–Crippen LogP) is 2.39. The molecule has 2 aliphatic rings. The predicted molar refractivity (Wildman–Crippen MR) is 96.0 cm³/mol. The largest absolute Gasteiger partial charge is 0.458 e. The minimum Gasteiger partial charge on any atom is -0.458 e. The maximum Gasteiger partial charge on any atom is 0.355 e. The number of hydrogen-bond acceptors (Lipinski definition) is 7. The van der Waals surface area contributed by atoms with Gasteiger partial charge in [-0.3, -0.25) is 14.2 Å². The second-order valence-corrected chi connectivity index (χ2v) is 6.89. The molecule has 148 valence electrons. The molecule has 3 rings (SSSR count). The van der Waals surface area contributed by atoms with Gasteiger partial charge in [0.05, 0.1) is 12.1 Å². The first-order chi connectivity index (χ1) is 13.2. The fourth-order valence-corrected chi connectivity index (χ4v) is 3.36. The highest BCUT2D eigenvalue weighted by atomic mass is 16.6. The lowest BCUT2D eigenvalue weighted by atomic mass is 9.90. The molecule has 3 heterocycles. The van der Waals surface area contributed by atoms with Gasteiger partial charge in [-0.05, 0) is 25.5 Å². The van der Waals surface area contributed by atoms with Crippen LogP contribution in [-0.4, -0.2) is 34.0 Å². The van der Waals surface area contributed by atoms with E-state index in [1.807, 2.05) is 0 Å². The summed E-state index contributed by atoms with van der Waals surface area (Å²) in [5, 5.41) is 0. The van der Waals surface area contributed by atoms with Crippen molar-refractivity contribution in [2.24, 2.45) is 0 Å². The molecule has 2 atom stereocenters. The molecule has 0 aromatic carbocycles. The molecule has 0 bridgehead atoms. The van der Waals surface area contributed by atoms with Gasteiger partial charge in [-0.2, -0.15) is 0 Å². The highest BCUT2D eigenvalue weighted by Gasteiger charge is 2.43. The van der Waals surface area contributed by atoms with Gasteiger partial charge in [0.1, 0.15) is 6.61 Å². The van der Waals surface area contributed by atoms with E-state index >= 15 is 0 Å². The van der Waals surface area contributed by atoms with Crippen molar-refractivity contribution in [2.45, 2.75) is 51.9 Å². The summed E-state index contributed by atoms with van der Waals surface area (Å²) in [6.07, 6.45) is 2.30. The van der Waals surface area contributed by atoms with E-state index in [2.05, 4.69) is 6.58 Å². The maximum atomic E-state index is 12.8. The summed E-state index contributed by atoms with van der Waals surface area (Å²) in [4.78, 5) is 49.2. The first kappa shape index (κ1) is 19.6. The Morgan fingerprint density at radius 1 is 1.39 bits per heavy atom. The molecule has 0 saturated heterocycles. The molecule has 0 saturated carbocycles. The van der Waals surface area contributed by atoms with Crippen molar-refractivity contribution in [3.05, 3.63) is 47.3 Å². The van der Waals surface area contributed by atoms with Gasteiger partial charge in [-0.15, -0.1) is 0 Å². The maximum absolute atomic E-state index is 12.8. The zero-order valence-corrected chi connectivity index (χ0v) is 15.9. The van der Waals surface area contributed by atoms with Gasteiger partial charge < -0.3 is 14.2 Å². The fraction of sp³-hybridized carbons (Fsp3) is 0.400. The van der Waals surface area contributed by atoms with E-state index in [4.69, 9.17) is 14.2 Å². The third-order valence-electron chi connectivity index (χ3n) is 4.98. The van der Waals surface area contributed by atoms with Gasteiger partial charge in [0, 0.05) is 30.7 Å². The number of carbonyl (C=O) groups is 4. The number of cyclic esters (lactones) is 1. The minimum atomic E-state index is -1.77.